The van der Waals surface area contributed by atoms with Crippen molar-refractivity contribution in [2.24, 2.45) is 0 Å². The van der Waals surface area contributed by atoms with E-state index < -0.39 is 0 Å². The van der Waals surface area contributed by atoms with E-state index >= 15 is 0 Å². The lowest BCUT2D eigenvalue weighted by atomic mass is 10.1. The van der Waals surface area contributed by atoms with E-state index in [1.165, 1.54) is 0 Å². The molecule has 0 unspecified atom stereocenters. The van der Waals surface area contributed by atoms with Crippen LogP contribution in [0.5, 0.6) is 0 Å². The molecule has 1 amide bonds. The van der Waals surface area contributed by atoms with Crippen LogP contribution in [0.4, 0.5) is 5.69 Å². The Bertz CT molecular complexity index is 248. The van der Waals surface area contributed by atoms with E-state index in [2.05, 4.69) is 5.32 Å². The molecular weight excluding hydrogens is 138 g/mol. The normalized spacial score (nSPS) is 9.27. The number of carbonyl (C=O) groups excluding carboxylic acids is 1. The summed E-state index contributed by atoms with van der Waals surface area (Å²) in [6.07, 6.45) is 1.67. The maximum Gasteiger partial charge on any atom is 0.314 e. The summed E-state index contributed by atoms with van der Waals surface area (Å²) in [6, 6.07) is 5.86. The Morgan fingerprint density at radius 3 is 2.27 bits per heavy atom. The third-order valence-corrected chi connectivity index (χ3v) is 1.66. The fourth-order valence-electron chi connectivity index (χ4n) is 1.06. The van der Waals surface area contributed by atoms with Crippen LogP contribution in [-0.4, -0.2) is 6.41 Å². The molecule has 0 fully saturated rings. The molecule has 11 heavy (non-hydrogen) atoms. The first-order chi connectivity index (χ1) is 5.25. The van der Waals surface area contributed by atoms with Gasteiger partial charge in [0.1, 0.15) is 0 Å². The minimum absolute atomic E-state index is 0.863. The molecule has 0 aliphatic carbocycles. The Kier molecular flexibility index (Phi) is 2.26. The number of amides is 1. The molecule has 0 aromatic heterocycles. The molecule has 1 aromatic carbocycles. The molecule has 0 atom stereocenters. The molecule has 0 aliphatic heterocycles. The molecule has 1 rings (SSSR count). The molecule has 0 heterocycles. The topological polar surface area (TPSA) is 29.1 Å². The Morgan fingerprint density at radius 2 is 1.82 bits per heavy atom. The van der Waals surface area contributed by atoms with E-state index in [1.54, 1.807) is 6.41 Å². The lowest BCUT2D eigenvalue weighted by Crippen LogP contribution is -1.98. The van der Waals surface area contributed by atoms with Crippen LogP contribution >= 0.6 is 0 Å². The van der Waals surface area contributed by atoms with Gasteiger partial charge in [-0.2, -0.15) is 0 Å². The van der Waals surface area contributed by atoms with Crippen LogP contribution in [0.15, 0.2) is 18.2 Å². The van der Waals surface area contributed by atoms with Gasteiger partial charge in [-0.3, -0.25) is 4.79 Å². The first-order valence-corrected chi connectivity index (χ1v) is 3.45. The van der Waals surface area contributed by atoms with Crippen molar-refractivity contribution in [1.82, 2.24) is 0 Å². The van der Waals surface area contributed by atoms with Gasteiger partial charge in [0.25, 0.3) is 0 Å². The second-order valence-corrected chi connectivity index (χ2v) is 2.49. The zero-order valence-corrected chi connectivity index (χ0v) is 6.64. The quantitative estimate of drug-likeness (QED) is 0.636. The summed E-state index contributed by atoms with van der Waals surface area (Å²) in [5.41, 5.74) is 2.99. The van der Waals surface area contributed by atoms with Crippen molar-refractivity contribution in [1.29, 1.82) is 0 Å². The van der Waals surface area contributed by atoms with Crippen molar-refractivity contribution >= 4 is 12.1 Å². The van der Waals surface area contributed by atoms with Gasteiger partial charge in [0.05, 0.1) is 0 Å². The highest BCUT2D eigenvalue weighted by Crippen LogP contribution is 2.17. The van der Waals surface area contributed by atoms with Crippen LogP contribution in [-0.2, 0) is 4.79 Å². The molecule has 2 nitrogen and oxygen atoms in total. The molecule has 1 N–H and O–H groups in total. The number of para-hydroxylation sites is 1. The van der Waals surface area contributed by atoms with Gasteiger partial charge in [-0.15, -0.1) is 0 Å². The van der Waals surface area contributed by atoms with Crippen molar-refractivity contribution in [3.63, 3.8) is 0 Å². The molecule has 57 valence electrons. The van der Waals surface area contributed by atoms with E-state index in [-0.39, 0.29) is 0 Å². The molecule has 1 aromatic rings. The average Bonchev–Trinajstić information content (AvgIpc) is 1.97. The average molecular weight is 148 g/mol. The van der Waals surface area contributed by atoms with E-state index in [0.717, 1.165) is 16.8 Å². The Labute approximate surface area is 66.2 Å². The van der Waals surface area contributed by atoms with Gasteiger partial charge in [0.15, 0.2) is 0 Å². The molecular formula is C9H10NO. The molecule has 1 radical (unpaired) electrons. The van der Waals surface area contributed by atoms with E-state index in [9.17, 15) is 4.79 Å². The van der Waals surface area contributed by atoms with Crippen molar-refractivity contribution < 1.29 is 4.79 Å². The number of hydrogen-bond acceptors (Lipinski definition) is 1. The van der Waals surface area contributed by atoms with Gasteiger partial charge in [-0.05, 0) is 25.0 Å². The predicted molar refractivity (Wildman–Crippen MR) is 45.2 cm³/mol. The zero-order valence-electron chi connectivity index (χ0n) is 6.64. The van der Waals surface area contributed by atoms with Gasteiger partial charge in [-0.25, -0.2) is 0 Å². The van der Waals surface area contributed by atoms with Crippen LogP contribution in [0.2, 0.25) is 0 Å². The molecule has 0 bridgehead atoms. The molecule has 0 aliphatic rings. The SMILES string of the molecule is Cc1cccc(C)c1N[C]=O. The van der Waals surface area contributed by atoms with E-state index in [0.29, 0.717) is 0 Å². The maximum atomic E-state index is 10.0. The van der Waals surface area contributed by atoms with E-state index in [4.69, 9.17) is 0 Å². The largest absolute Gasteiger partial charge is 0.317 e. The first-order valence-electron chi connectivity index (χ1n) is 3.45. The van der Waals surface area contributed by atoms with Crippen LogP contribution in [0, 0.1) is 13.8 Å². The highest BCUT2D eigenvalue weighted by Gasteiger charge is 1.98. The fraction of sp³-hybridized carbons (Fsp3) is 0.222. The van der Waals surface area contributed by atoms with Crippen molar-refractivity contribution in [3.05, 3.63) is 29.3 Å². The van der Waals surface area contributed by atoms with E-state index in [1.807, 2.05) is 32.0 Å². The summed E-state index contributed by atoms with van der Waals surface area (Å²) in [5, 5.41) is 2.54. The van der Waals surface area contributed by atoms with Gasteiger partial charge in [0, 0.05) is 5.69 Å². The summed E-state index contributed by atoms with van der Waals surface area (Å²) in [6.45, 7) is 3.90. The molecule has 0 spiro atoms. The Morgan fingerprint density at radius 1 is 1.27 bits per heavy atom. The molecule has 2 heteroatoms. The summed E-state index contributed by atoms with van der Waals surface area (Å²) < 4.78 is 0. The number of aryl methyl sites for hydroxylation is 2. The molecule has 0 saturated heterocycles. The summed E-state index contributed by atoms with van der Waals surface area (Å²) >= 11 is 0. The van der Waals surface area contributed by atoms with Crippen LogP contribution in [0.25, 0.3) is 0 Å². The zero-order chi connectivity index (χ0) is 8.27. The standard InChI is InChI=1S/C9H10NO/c1-7-4-3-5-8(2)9(7)10-6-11/h3-5H,1-2H3,(H,10,11). The van der Waals surface area contributed by atoms with Crippen LogP contribution < -0.4 is 5.32 Å². The third kappa shape index (κ3) is 1.58. The van der Waals surface area contributed by atoms with Crippen LogP contribution in [0.1, 0.15) is 11.1 Å². The lowest BCUT2D eigenvalue weighted by molar-refractivity contribution is 0.561. The van der Waals surface area contributed by atoms with Gasteiger partial charge >= 0.3 is 6.41 Å². The van der Waals surface area contributed by atoms with Crippen LogP contribution in [0.3, 0.4) is 0 Å². The predicted octanol–water partition coefficient (Wildman–Crippen LogP) is 1.78. The Balaban J connectivity index is 3.09. The van der Waals surface area contributed by atoms with Crippen molar-refractivity contribution in [3.8, 4) is 0 Å². The minimum Gasteiger partial charge on any atom is -0.317 e. The van der Waals surface area contributed by atoms with Gasteiger partial charge in [-0.1, -0.05) is 18.2 Å². The third-order valence-electron chi connectivity index (χ3n) is 1.66. The second kappa shape index (κ2) is 3.19. The first kappa shape index (κ1) is 7.79. The maximum absolute atomic E-state index is 10.0. The lowest BCUT2D eigenvalue weighted by Gasteiger charge is -2.05. The van der Waals surface area contributed by atoms with Crippen molar-refractivity contribution in [2.75, 3.05) is 5.32 Å². The summed E-state index contributed by atoms with van der Waals surface area (Å²) in [7, 11) is 0. The number of rotatable bonds is 2. The Hall–Kier alpha value is -1.31. The van der Waals surface area contributed by atoms with Crippen molar-refractivity contribution in [2.45, 2.75) is 13.8 Å². The second-order valence-electron chi connectivity index (χ2n) is 2.49. The monoisotopic (exact) mass is 148 g/mol. The molecule has 0 saturated carbocycles. The minimum atomic E-state index is 0.863. The number of nitrogens with one attached hydrogen (secondary N) is 1. The summed E-state index contributed by atoms with van der Waals surface area (Å²) in [5.74, 6) is 0. The number of benzene rings is 1. The smallest absolute Gasteiger partial charge is 0.314 e. The summed E-state index contributed by atoms with van der Waals surface area (Å²) in [4.78, 5) is 10.0. The highest BCUT2D eigenvalue weighted by atomic mass is 16.1. The fourth-order valence-corrected chi connectivity index (χ4v) is 1.06. The van der Waals surface area contributed by atoms with Gasteiger partial charge in [0.2, 0.25) is 0 Å². The highest BCUT2D eigenvalue weighted by molar-refractivity contribution is 5.75. The number of anilines is 1. The number of hydrogen-bond donors (Lipinski definition) is 1. The van der Waals surface area contributed by atoms with Gasteiger partial charge < -0.3 is 5.32 Å².